The molecule has 1 aromatic carbocycles. The zero-order chi connectivity index (χ0) is 14.2. The Balaban J connectivity index is 2.36. The van der Waals surface area contributed by atoms with Gasteiger partial charge in [-0.1, -0.05) is 11.6 Å². The van der Waals surface area contributed by atoms with Crippen LogP contribution < -0.4 is 5.73 Å². The lowest BCUT2D eigenvalue weighted by Crippen LogP contribution is -2.10. The second kappa shape index (κ2) is 4.73. The predicted molar refractivity (Wildman–Crippen MR) is 62.2 cm³/mol. The van der Waals surface area contributed by atoms with Gasteiger partial charge in [0, 0.05) is 0 Å². The normalized spacial score (nSPS) is 11.8. The van der Waals surface area contributed by atoms with Gasteiger partial charge in [0.15, 0.2) is 0 Å². The summed E-state index contributed by atoms with van der Waals surface area (Å²) < 4.78 is 52.0. The number of anilines is 1. The number of nitrogen functional groups attached to an aromatic ring is 1. The van der Waals surface area contributed by atoms with Crippen molar-refractivity contribution in [2.45, 2.75) is 12.7 Å². The summed E-state index contributed by atoms with van der Waals surface area (Å²) in [5.41, 5.74) is 4.60. The molecule has 0 saturated carbocycles. The van der Waals surface area contributed by atoms with Crippen LogP contribution in [0.5, 0.6) is 0 Å². The Morgan fingerprint density at radius 1 is 1.26 bits per heavy atom. The van der Waals surface area contributed by atoms with Crippen LogP contribution >= 0.6 is 11.6 Å². The fourth-order valence-corrected chi connectivity index (χ4v) is 1.72. The molecule has 3 nitrogen and oxygen atoms in total. The van der Waals surface area contributed by atoms with Gasteiger partial charge in [-0.2, -0.15) is 18.3 Å². The highest BCUT2D eigenvalue weighted by Gasteiger charge is 2.31. The minimum atomic E-state index is -4.61. The zero-order valence-electron chi connectivity index (χ0n) is 9.38. The van der Waals surface area contributed by atoms with Crippen molar-refractivity contribution in [3.8, 4) is 0 Å². The molecule has 0 bridgehead atoms. The highest BCUT2D eigenvalue weighted by atomic mass is 35.5. The Kier molecular flexibility index (Phi) is 3.40. The predicted octanol–water partition coefficient (Wildman–Crippen LogP) is 3.32. The van der Waals surface area contributed by atoms with Crippen molar-refractivity contribution in [2.24, 2.45) is 0 Å². The van der Waals surface area contributed by atoms with Crippen molar-refractivity contribution in [2.75, 3.05) is 5.73 Å². The SMILES string of the molecule is Nc1c(Cl)cnn1Cc1cc(F)cc(C(F)(F)F)c1. The summed E-state index contributed by atoms with van der Waals surface area (Å²) >= 11 is 5.67. The number of halogens is 5. The fraction of sp³-hybridized carbons (Fsp3) is 0.182. The van der Waals surface area contributed by atoms with Crippen LogP contribution in [-0.2, 0) is 12.7 Å². The van der Waals surface area contributed by atoms with E-state index in [-0.39, 0.29) is 22.9 Å². The van der Waals surface area contributed by atoms with E-state index >= 15 is 0 Å². The first-order valence-electron chi connectivity index (χ1n) is 5.11. The molecule has 0 spiro atoms. The first kappa shape index (κ1) is 13.7. The zero-order valence-corrected chi connectivity index (χ0v) is 10.1. The lowest BCUT2D eigenvalue weighted by molar-refractivity contribution is -0.137. The average molecular weight is 294 g/mol. The molecule has 0 atom stereocenters. The number of nitrogens with two attached hydrogens (primary N) is 1. The molecule has 1 heterocycles. The Labute approximate surface area is 110 Å². The van der Waals surface area contributed by atoms with E-state index < -0.39 is 17.6 Å². The van der Waals surface area contributed by atoms with Gasteiger partial charge in [-0.3, -0.25) is 0 Å². The van der Waals surface area contributed by atoms with Crippen LogP contribution in [0.1, 0.15) is 11.1 Å². The number of aromatic nitrogens is 2. The number of alkyl halides is 3. The van der Waals surface area contributed by atoms with Gasteiger partial charge in [-0.25, -0.2) is 9.07 Å². The van der Waals surface area contributed by atoms with Crippen molar-refractivity contribution in [1.29, 1.82) is 0 Å². The molecule has 0 fully saturated rings. The summed E-state index contributed by atoms with van der Waals surface area (Å²) in [4.78, 5) is 0. The Morgan fingerprint density at radius 2 is 1.95 bits per heavy atom. The second-order valence-corrected chi connectivity index (χ2v) is 4.29. The molecule has 0 unspecified atom stereocenters. The highest BCUT2D eigenvalue weighted by molar-refractivity contribution is 6.32. The molecule has 8 heteroatoms. The molecule has 1 aromatic heterocycles. The van der Waals surface area contributed by atoms with E-state index in [1.165, 1.54) is 10.9 Å². The van der Waals surface area contributed by atoms with Crippen LogP contribution in [-0.4, -0.2) is 9.78 Å². The third-order valence-corrected chi connectivity index (χ3v) is 2.74. The lowest BCUT2D eigenvalue weighted by Gasteiger charge is -2.10. The molecular formula is C11H8ClF4N3. The van der Waals surface area contributed by atoms with Crippen molar-refractivity contribution in [1.82, 2.24) is 9.78 Å². The van der Waals surface area contributed by atoms with Crippen molar-refractivity contribution < 1.29 is 17.6 Å². The van der Waals surface area contributed by atoms with E-state index in [2.05, 4.69) is 5.10 Å². The molecule has 2 aromatic rings. The van der Waals surface area contributed by atoms with Crippen LogP contribution in [0, 0.1) is 5.82 Å². The van der Waals surface area contributed by atoms with Gasteiger partial charge >= 0.3 is 6.18 Å². The summed E-state index contributed by atoms with van der Waals surface area (Å²) in [6, 6.07) is 2.27. The van der Waals surface area contributed by atoms with Crippen molar-refractivity contribution >= 4 is 17.4 Å². The molecule has 0 radical (unpaired) electrons. The van der Waals surface area contributed by atoms with Gasteiger partial charge in [-0.05, 0) is 23.8 Å². The Morgan fingerprint density at radius 3 is 2.47 bits per heavy atom. The van der Waals surface area contributed by atoms with Crippen LogP contribution in [0.4, 0.5) is 23.4 Å². The maximum absolute atomic E-state index is 13.2. The molecule has 0 saturated heterocycles. The molecule has 2 rings (SSSR count). The lowest BCUT2D eigenvalue weighted by atomic mass is 10.1. The summed E-state index contributed by atoms with van der Waals surface area (Å²) in [5.74, 6) is -0.860. The van der Waals surface area contributed by atoms with Crippen LogP contribution in [0.25, 0.3) is 0 Å². The summed E-state index contributed by atoms with van der Waals surface area (Å²) in [6.07, 6.45) is -3.34. The summed E-state index contributed by atoms with van der Waals surface area (Å²) in [7, 11) is 0. The topological polar surface area (TPSA) is 43.8 Å². The Bertz CT molecular complexity index is 606. The molecule has 102 valence electrons. The van der Waals surface area contributed by atoms with Gasteiger partial charge < -0.3 is 5.73 Å². The van der Waals surface area contributed by atoms with E-state index in [0.29, 0.717) is 6.07 Å². The molecule has 2 N–H and O–H groups in total. The minimum absolute atomic E-state index is 0.0961. The van der Waals surface area contributed by atoms with E-state index in [9.17, 15) is 17.6 Å². The molecule has 0 aliphatic carbocycles. The third-order valence-electron chi connectivity index (χ3n) is 2.45. The Hall–Kier alpha value is -1.76. The minimum Gasteiger partial charge on any atom is -0.383 e. The monoisotopic (exact) mass is 293 g/mol. The largest absolute Gasteiger partial charge is 0.416 e. The smallest absolute Gasteiger partial charge is 0.383 e. The van der Waals surface area contributed by atoms with E-state index in [0.717, 1.165) is 12.1 Å². The van der Waals surface area contributed by atoms with Crippen LogP contribution in [0.3, 0.4) is 0 Å². The molecule has 0 aliphatic rings. The van der Waals surface area contributed by atoms with Crippen molar-refractivity contribution in [3.05, 3.63) is 46.4 Å². The number of hydrogen-bond acceptors (Lipinski definition) is 2. The van der Waals surface area contributed by atoms with Crippen molar-refractivity contribution in [3.63, 3.8) is 0 Å². The number of nitrogens with zero attached hydrogens (tertiary/aromatic N) is 2. The number of rotatable bonds is 2. The fourth-order valence-electron chi connectivity index (χ4n) is 1.58. The van der Waals surface area contributed by atoms with Gasteiger partial charge in [0.2, 0.25) is 0 Å². The van der Waals surface area contributed by atoms with E-state index in [1.54, 1.807) is 0 Å². The maximum Gasteiger partial charge on any atom is 0.416 e. The van der Waals surface area contributed by atoms with Gasteiger partial charge in [0.1, 0.15) is 16.7 Å². The summed E-state index contributed by atoms with van der Waals surface area (Å²) in [6.45, 7) is -0.0978. The summed E-state index contributed by atoms with van der Waals surface area (Å²) in [5, 5.41) is 3.98. The number of benzene rings is 1. The third kappa shape index (κ3) is 2.98. The van der Waals surface area contributed by atoms with E-state index in [1.807, 2.05) is 0 Å². The molecule has 0 aliphatic heterocycles. The first-order valence-corrected chi connectivity index (χ1v) is 5.48. The van der Waals surface area contributed by atoms with Gasteiger partial charge in [0.25, 0.3) is 0 Å². The molecule has 0 amide bonds. The average Bonchev–Trinajstić information content (AvgIpc) is 2.59. The second-order valence-electron chi connectivity index (χ2n) is 3.88. The highest BCUT2D eigenvalue weighted by Crippen LogP contribution is 2.30. The van der Waals surface area contributed by atoms with Gasteiger partial charge in [-0.15, -0.1) is 0 Å². The maximum atomic E-state index is 13.2. The number of hydrogen-bond donors (Lipinski definition) is 1. The molecule has 19 heavy (non-hydrogen) atoms. The van der Waals surface area contributed by atoms with Crippen LogP contribution in [0.15, 0.2) is 24.4 Å². The van der Waals surface area contributed by atoms with E-state index in [4.69, 9.17) is 17.3 Å². The standard InChI is InChI=1S/C11H8ClF4N3/c12-9-4-18-19(10(9)17)5-6-1-7(11(14,15)16)3-8(13)2-6/h1-4H,5,17H2. The van der Waals surface area contributed by atoms with Gasteiger partial charge in [0.05, 0.1) is 18.3 Å². The first-order chi connectivity index (χ1) is 8.77. The molecular weight excluding hydrogens is 286 g/mol. The quantitative estimate of drug-likeness (QED) is 0.863. The van der Waals surface area contributed by atoms with Crippen LogP contribution in [0.2, 0.25) is 5.02 Å².